The molecule has 0 bridgehead atoms. The molecule has 9 nitrogen and oxygen atoms in total. The van der Waals surface area contributed by atoms with E-state index in [-0.39, 0.29) is 31.5 Å². The molecule has 0 aliphatic heterocycles. The lowest BCUT2D eigenvalue weighted by Gasteiger charge is -2.27. The van der Waals surface area contributed by atoms with E-state index >= 15 is 0 Å². The fourth-order valence-electron chi connectivity index (χ4n) is 11.1. The summed E-state index contributed by atoms with van der Waals surface area (Å²) in [7, 11) is 1.50. The Morgan fingerprint density at radius 1 is 0.389 bits per heavy atom. The third-order valence-corrected chi connectivity index (χ3v) is 18.0. The van der Waals surface area contributed by atoms with Gasteiger partial charge in [0.15, 0.2) is 0 Å². The van der Waals surface area contributed by atoms with Gasteiger partial charge in [0, 0.05) is 12.8 Å². The highest BCUT2D eigenvalue weighted by molar-refractivity contribution is 7.47. The quantitative estimate of drug-likeness (QED) is 0.0205. The molecule has 0 rings (SSSR count). The second kappa shape index (κ2) is 69.0. The van der Waals surface area contributed by atoms with Crippen molar-refractivity contribution >= 4 is 19.7 Å². The zero-order chi connectivity index (χ0) is 65.6. The van der Waals surface area contributed by atoms with Gasteiger partial charge < -0.3 is 19.4 Å². The third kappa shape index (κ3) is 69.5. The van der Waals surface area contributed by atoms with Crippen LogP contribution in [0.1, 0.15) is 361 Å². The normalized spacial score (nSPS) is 13.9. The first kappa shape index (κ1) is 87.2. The first-order chi connectivity index (χ1) is 43.9. The molecule has 0 aromatic heterocycles. The van der Waals surface area contributed by atoms with Gasteiger partial charge in [0.1, 0.15) is 19.3 Å². The Bertz CT molecular complexity index is 1810. The molecule has 0 aromatic carbocycles. The molecule has 2 N–H and O–H groups in total. The van der Waals surface area contributed by atoms with E-state index in [2.05, 4.69) is 99.0 Å². The number of likely N-dealkylation sites (N-methyl/N-ethyl adjacent to an activating group) is 1. The zero-order valence-corrected chi connectivity index (χ0v) is 61.0. The van der Waals surface area contributed by atoms with Crippen LogP contribution in [-0.2, 0) is 27.9 Å². The molecule has 0 aromatic rings. The molecule has 0 fully saturated rings. The van der Waals surface area contributed by atoms with Crippen LogP contribution in [0.2, 0.25) is 0 Å². The Balaban J connectivity index is 4.97. The van der Waals surface area contributed by atoms with Crippen LogP contribution in [0.5, 0.6) is 0 Å². The number of quaternary nitrogens is 1. The monoisotopic (exact) mass is 1280 g/mol. The van der Waals surface area contributed by atoms with Crippen LogP contribution < -0.4 is 5.32 Å². The standard InChI is InChI=1S/C80H147N2O7P/c1-7-10-13-16-19-22-25-28-30-32-34-36-38-40-41-43-45-47-49-51-53-55-58-61-64-67-70-73-80(84)89-78(71-68-65-62-59-56-27-24-21-18-15-12-9-3)77(76-88-90(85,86)87-75-74-82(4,5)6)81-79(83)72-69-66-63-60-57-54-52-50-48-46-44-42-39-37-35-33-31-29-26-23-20-17-14-11-8-2/h19-20,22-23,28-31,35,37,42,44,68,71,77-78H,7-18,21,24-27,32-34,36,38-41,43,45-67,69-70,72-76H2,1-6H3,(H-,81,83,85,86)/p+1/b22-19-,23-20-,30-28-,31-29-,37-35-,44-42-,71-68+. The summed E-state index contributed by atoms with van der Waals surface area (Å²) in [5.74, 6) is -0.500. The lowest BCUT2D eigenvalue weighted by Crippen LogP contribution is -2.47. The molecular weight excluding hydrogens is 1130 g/mol. The summed E-state index contributed by atoms with van der Waals surface area (Å²) >= 11 is 0. The van der Waals surface area contributed by atoms with E-state index in [4.69, 9.17) is 13.8 Å². The number of nitrogens with zero attached hydrogens (tertiary/aromatic N) is 1. The minimum atomic E-state index is -4.46. The van der Waals surface area contributed by atoms with Crippen molar-refractivity contribution in [1.82, 2.24) is 5.32 Å². The summed E-state index contributed by atoms with van der Waals surface area (Å²) in [5.41, 5.74) is 0. The van der Waals surface area contributed by atoms with E-state index in [0.29, 0.717) is 17.4 Å². The molecule has 3 atom stereocenters. The van der Waals surface area contributed by atoms with Gasteiger partial charge in [0.05, 0.1) is 33.8 Å². The Morgan fingerprint density at radius 2 is 0.678 bits per heavy atom. The van der Waals surface area contributed by atoms with Gasteiger partial charge in [-0.05, 0) is 109 Å². The molecule has 10 heteroatoms. The maximum Gasteiger partial charge on any atom is 0.472 e. The fraction of sp³-hybridized carbons (Fsp3) is 0.800. The van der Waals surface area contributed by atoms with E-state index in [0.717, 1.165) is 96.3 Å². The number of ether oxygens (including phenoxy) is 1. The average Bonchev–Trinajstić information content (AvgIpc) is 3.11. The number of phosphoric ester groups is 1. The molecule has 0 radical (unpaired) electrons. The van der Waals surface area contributed by atoms with Crippen LogP contribution >= 0.6 is 7.82 Å². The summed E-state index contributed by atoms with van der Waals surface area (Å²) in [6.07, 6.45) is 93.2. The average molecular weight is 1280 g/mol. The molecule has 524 valence electrons. The first-order valence-corrected chi connectivity index (χ1v) is 39.9. The van der Waals surface area contributed by atoms with Gasteiger partial charge >= 0.3 is 13.8 Å². The second-order valence-electron chi connectivity index (χ2n) is 27.2. The number of hydrogen-bond acceptors (Lipinski definition) is 6. The van der Waals surface area contributed by atoms with Crippen molar-refractivity contribution in [3.8, 4) is 0 Å². The van der Waals surface area contributed by atoms with Crippen LogP contribution in [0.4, 0.5) is 0 Å². The van der Waals surface area contributed by atoms with E-state index in [9.17, 15) is 19.0 Å². The molecule has 0 spiro atoms. The number of nitrogens with one attached hydrogen (secondary N) is 1. The topological polar surface area (TPSA) is 111 Å². The van der Waals surface area contributed by atoms with Crippen LogP contribution in [0.25, 0.3) is 0 Å². The Labute approximate surface area is 558 Å². The summed E-state index contributed by atoms with van der Waals surface area (Å²) in [6, 6.07) is -0.856. The lowest BCUT2D eigenvalue weighted by molar-refractivity contribution is -0.870. The second-order valence-corrected chi connectivity index (χ2v) is 28.6. The van der Waals surface area contributed by atoms with Crippen LogP contribution in [0.15, 0.2) is 85.1 Å². The number of carbonyl (C=O) groups excluding carboxylic acids is 2. The molecule has 0 saturated heterocycles. The maximum atomic E-state index is 13.6. The zero-order valence-electron chi connectivity index (χ0n) is 60.1. The molecule has 0 heterocycles. The molecule has 0 saturated carbocycles. The summed E-state index contributed by atoms with van der Waals surface area (Å²) in [4.78, 5) is 38.0. The number of unbranched alkanes of at least 4 members (excludes halogenated alkanes) is 42. The number of rotatable bonds is 70. The van der Waals surface area contributed by atoms with Crippen LogP contribution in [-0.4, -0.2) is 74.3 Å². The van der Waals surface area contributed by atoms with Crippen LogP contribution in [0, 0.1) is 0 Å². The molecule has 1 amide bonds. The highest BCUT2D eigenvalue weighted by atomic mass is 31.2. The summed E-state index contributed by atoms with van der Waals surface area (Å²) < 4.78 is 30.9. The lowest BCUT2D eigenvalue weighted by atomic mass is 10.0. The predicted octanol–water partition coefficient (Wildman–Crippen LogP) is 24.9. The largest absolute Gasteiger partial charge is 0.472 e. The maximum absolute atomic E-state index is 13.6. The number of hydrogen-bond donors (Lipinski definition) is 2. The van der Waals surface area contributed by atoms with E-state index in [1.165, 1.54) is 231 Å². The minimum Gasteiger partial charge on any atom is -0.456 e. The highest BCUT2D eigenvalue weighted by Crippen LogP contribution is 2.43. The third-order valence-electron chi connectivity index (χ3n) is 17.1. The molecule has 3 unspecified atom stereocenters. The van der Waals surface area contributed by atoms with Gasteiger partial charge in [-0.3, -0.25) is 18.6 Å². The molecule has 0 aliphatic rings. The predicted molar refractivity (Wildman–Crippen MR) is 392 cm³/mol. The number of carbonyl (C=O) groups is 2. The van der Waals surface area contributed by atoms with Crippen LogP contribution in [0.3, 0.4) is 0 Å². The smallest absolute Gasteiger partial charge is 0.456 e. The SMILES string of the molecule is CCCCC/C=C\C/C=C\C/C=C\C/C=C\CCCCCCCCCCCC(=O)NC(COP(=O)(O)OCC[N+](C)(C)C)C(/C=C/CCCCCCCCCCCC)OC(=O)CCCCCCCCCCCCCCCCCCC/C=C\C/C=C\CCCCC. The van der Waals surface area contributed by atoms with Crippen molar-refractivity contribution in [3.63, 3.8) is 0 Å². The van der Waals surface area contributed by atoms with Gasteiger partial charge in [-0.25, -0.2) is 4.57 Å². The van der Waals surface area contributed by atoms with E-state index in [1.807, 2.05) is 33.3 Å². The van der Waals surface area contributed by atoms with Crippen molar-refractivity contribution < 1.29 is 37.3 Å². The van der Waals surface area contributed by atoms with Crippen molar-refractivity contribution in [2.24, 2.45) is 0 Å². The Hall–Kier alpha value is -2.81. The minimum absolute atomic E-state index is 0.0375. The van der Waals surface area contributed by atoms with Gasteiger partial charge in [0.25, 0.3) is 0 Å². The molecular formula is C80H148N2O7P+. The van der Waals surface area contributed by atoms with Crippen molar-refractivity contribution in [2.45, 2.75) is 373 Å². The highest BCUT2D eigenvalue weighted by Gasteiger charge is 2.30. The molecule has 90 heavy (non-hydrogen) atoms. The summed E-state index contributed by atoms with van der Waals surface area (Å²) in [6.45, 7) is 7.00. The van der Waals surface area contributed by atoms with Crippen molar-refractivity contribution in [1.29, 1.82) is 0 Å². The molecule has 0 aliphatic carbocycles. The van der Waals surface area contributed by atoms with E-state index in [1.54, 1.807) is 0 Å². The number of esters is 1. The first-order valence-electron chi connectivity index (χ1n) is 38.4. The van der Waals surface area contributed by atoms with Crippen molar-refractivity contribution in [3.05, 3.63) is 85.1 Å². The van der Waals surface area contributed by atoms with Crippen molar-refractivity contribution in [2.75, 3.05) is 40.9 Å². The van der Waals surface area contributed by atoms with E-state index < -0.39 is 20.0 Å². The van der Waals surface area contributed by atoms with Gasteiger partial charge in [-0.1, -0.05) is 324 Å². The Morgan fingerprint density at radius 3 is 1.03 bits per heavy atom. The number of amides is 1. The fourth-order valence-corrected chi connectivity index (χ4v) is 11.9. The van der Waals surface area contributed by atoms with Gasteiger partial charge in [-0.15, -0.1) is 0 Å². The van der Waals surface area contributed by atoms with Gasteiger partial charge in [-0.2, -0.15) is 0 Å². The Kier molecular flexibility index (Phi) is 66.9. The number of phosphoric acid groups is 1. The number of allylic oxidation sites excluding steroid dienone is 13. The van der Waals surface area contributed by atoms with Gasteiger partial charge in [0.2, 0.25) is 5.91 Å². The summed E-state index contributed by atoms with van der Waals surface area (Å²) in [5, 5.41) is 3.08.